The van der Waals surface area contributed by atoms with Gasteiger partial charge in [-0.05, 0) is 18.8 Å². The molecule has 1 aliphatic rings. The minimum atomic E-state index is -0.824. The molecule has 0 aromatic carbocycles. The lowest BCUT2D eigenvalue weighted by atomic mass is 9.85. The molecule has 1 amide bonds. The second-order valence-electron chi connectivity index (χ2n) is 6.31. The van der Waals surface area contributed by atoms with Gasteiger partial charge in [0.1, 0.15) is 6.10 Å². The Kier molecular flexibility index (Phi) is 5.39. The van der Waals surface area contributed by atoms with E-state index < -0.39 is 6.10 Å². The monoisotopic (exact) mass is 293 g/mol. The quantitative estimate of drug-likeness (QED) is 0.835. The summed E-state index contributed by atoms with van der Waals surface area (Å²) in [7, 11) is 0. The van der Waals surface area contributed by atoms with E-state index in [1.54, 1.807) is 12.5 Å². The van der Waals surface area contributed by atoms with Crippen LogP contribution >= 0.6 is 0 Å². The molecule has 3 unspecified atom stereocenters. The predicted molar refractivity (Wildman–Crippen MR) is 81.6 cm³/mol. The van der Waals surface area contributed by atoms with E-state index in [1.165, 1.54) is 0 Å². The molecule has 1 aromatic rings. The minimum absolute atomic E-state index is 0.0608. The Balaban J connectivity index is 1.99. The topological polar surface area (TPSA) is 58.4 Å². The van der Waals surface area contributed by atoms with Crippen molar-refractivity contribution in [2.45, 2.75) is 58.7 Å². The molecule has 0 saturated carbocycles. The van der Waals surface area contributed by atoms with E-state index in [2.05, 4.69) is 25.8 Å². The number of likely N-dealkylation sites (tertiary alicyclic amines) is 1. The zero-order valence-electron chi connectivity index (χ0n) is 13.3. The van der Waals surface area contributed by atoms with Gasteiger partial charge in [0.2, 0.25) is 0 Å². The van der Waals surface area contributed by atoms with Crippen LogP contribution in [0, 0.1) is 11.8 Å². The first kappa shape index (κ1) is 16.0. The summed E-state index contributed by atoms with van der Waals surface area (Å²) in [6.45, 7) is 7.89. The Hall–Kier alpha value is -1.36. The number of aryl methyl sites for hydroxylation is 1. The van der Waals surface area contributed by atoms with E-state index in [-0.39, 0.29) is 17.9 Å². The molecular formula is C16H27N3O2. The number of nitrogens with zero attached hydrogens (tertiary/aromatic N) is 3. The van der Waals surface area contributed by atoms with Crippen molar-refractivity contribution in [2.24, 2.45) is 11.8 Å². The standard InChI is InChI=1S/C16H27N3O2/c1-4-6-13-14(12(2)3)15(20)16(21)19(13)9-5-8-18-10-7-17-11-18/h7,10-15,20H,4-6,8-9H2,1-3H3. The predicted octanol–water partition coefficient (Wildman–Crippen LogP) is 1.92. The summed E-state index contributed by atoms with van der Waals surface area (Å²) in [4.78, 5) is 18.3. The molecule has 2 heterocycles. The van der Waals surface area contributed by atoms with Crippen molar-refractivity contribution in [3.63, 3.8) is 0 Å². The molecule has 0 aliphatic carbocycles. The van der Waals surface area contributed by atoms with Crippen molar-refractivity contribution in [3.8, 4) is 0 Å². The fourth-order valence-electron chi connectivity index (χ4n) is 3.49. The number of imidazole rings is 1. The maximum Gasteiger partial charge on any atom is 0.252 e. The first-order valence-corrected chi connectivity index (χ1v) is 8.00. The van der Waals surface area contributed by atoms with Gasteiger partial charge in [-0.3, -0.25) is 4.79 Å². The van der Waals surface area contributed by atoms with Crippen molar-refractivity contribution in [3.05, 3.63) is 18.7 Å². The lowest BCUT2D eigenvalue weighted by Crippen LogP contribution is -2.37. The molecule has 1 fully saturated rings. The second-order valence-corrected chi connectivity index (χ2v) is 6.31. The van der Waals surface area contributed by atoms with Gasteiger partial charge in [0, 0.05) is 37.4 Å². The average molecular weight is 293 g/mol. The molecule has 0 radical (unpaired) electrons. The number of carbonyl (C=O) groups is 1. The highest BCUT2D eigenvalue weighted by molar-refractivity contribution is 5.84. The fourth-order valence-corrected chi connectivity index (χ4v) is 3.49. The normalized spacial score (nSPS) is 26.0. The van der Waals surface area contributed by atoms with Gasteiger partial charge in [-0.1, -0.05) is 27.2 Å². The van der Waals surface area contributed by atoms with Gasteiger partial charge in [-0.25, -0.2) is 4.98 Å². The molecule has 21 heavy (non-hydrogen) atoms. The van der Waals surface area contributed by atoms with Gasteiger partial charge < -0.3 is 14.6 Å². The van der Waals surface area contributed by atoms with Crippen LogP contribution in [0.15, 0.2) is 18.7 Å². The highest BCUT2D eigenvalue weighted by Gasteiger charge is 2.47. The first-order chi connectivity index (χ1) is 10.1. The smallest absolute Gasteiger partial charge is 0.252 e. The molecular weight excluding hydrogens is 266 g/mol. The van der Waals surface area contributed by atoms with Crippen molar-refractivity contribution < 1.29 is 9.90 Å². The first-order valence-electron chi connectivity index (χ1n) is 8.00. The Labute approximate surface area is 127 Å². The Morgan fingerprint density at radius 2 is 2.14 bits per heavy atom. The van der Waals surface area contributed by atoms with Crippen molar-refractivity contribution in [2.75, 3.05) is 6.54 Å². The van der Waals surface area contributed by atoms with Crippen LogP contribution in [0.3, 0.4) is 0 Å². The van der Waals surface area contributed by atoms with Gasteiger partial charge in [0.15, 0.2) is 0 Å². The summed E-state index contributed by atoms with van der Waals surface area (Å²) in [5.74, 6) is 0.294. The van der Waals surface area contributed by atoms with Crippen LogP contribution in [0.5, 0.6) is 0 Å². The number of rotatable bonds is 7. The summed E-state index contributed by atoms with van der Waals surface area (Å²) in [6, 6.07) is 0.181. The number of aliphatic hydroxyl groups excluding tert-OH is 1. The third-order valence-corrected chi connectivity index (χ3v) is 4.47. The summed E-state index contributed by atoms with van der Waals surface area (Å²) in [6.07, 6.45) is 7.55. The molecule has 1 aliphatic heterocycles. The van der Waals surface area contributed by atoms with Crippen LogP contribution in [-0.4, -0.2) is 44.2 Å². The van der Waals surface area contributed by atoms with Gasteiger partial charge in [-0.2, -0.15) is 0 Å². The van der Waals surface area contributed by atoms with Crippen molar-refractivity contribution >= 4 is 5.91 Å². The molecule has 118 valence electrons. The number of carbonyl (C=O) groups excluding carboxylic acids is 1. The van der Waals surface area contributed by atoms with E-state index in [0.29, 0.717) is 12.5 Å². The third-order valence-electron chi connectivity index (χ3n) is 4.47. The molecule has 0 bridgehead atoms. The summed E-state index contributed by atoms with van der Waals surface area (Å²) in [5, 5.41) is 10.3. The lowest BCUT2D eigenvalue weighted by molar-refractivity contribution is -0.136. The summed E-state index contributed by atoms with van der Waals surface area (Å²) < 4.78 is 2.02. The Morgan fingerprint density at radius 3 is 2.71 bits per heavy atom. The minimum Gasteiger partial charge on any atom is -0.383 e. The fraction of sp³-hybridized carbons (Fsp3) is 0.750. The van der Waals surface area contributed by atoms with Gasteiger partial charge >= 0.3 is 0 Å². The summed E-state index contributed by atoms with van der Waals surface area (Å²) in [5.41, 5.74) is 0. The maximum atomic E-state index is 12.4. The highest BCUT2D eigenvalue weighted by atomic mass is 16.3. The van der Waals surface area contributed by atoms with E-state index in [1.807, 2.05) is 15.7 Å². The molecule has 5 nitrogen and oxygen atoms in total. The van der Waals surface area contributed by atoms with Crippen molar-refractivity contribution in [1.82, 2.24) is 14.5 Å². The average Bonchev–Trinajstić information content (AvgIpc) is 3.02. The molecule has 3 atom stereocenters. The van der Waals surface area contributed by atoms with Crippen LogP contribution < -0.4 is 0 Å². The Morgan fingerprint density at radius 1 is 1.38 bits per heavy atom. The van der Waals surface area contributed by atoms with Crippen LogP contribution in [-0.2, 0) is 11.3 Å². The molecule has 0 spiro atoms. The maximum absolute atomic E-state index is 12.4. The SMILES string of the molecule is CCCC1C(C(C)C)C(O)C(=O)N1CCCn1ccnc1. The molecule has 2 rings (SSSR count). The number of hydrogen-bond acceptors (Lipinski definition) is 3. The zero-order valence-corrected chi connectivity index (χ0v) is 13.3. The highest BCUT2D eigenvalue weighted by Crippen LogP contribution is 2.34. The molecule has 5 heteroatoms. The molecule has 1 aromatic heterocycles. The number of amides is 1. The number of aromatic nitrogens is 2. The second kappa shape index (κ2) is 7.07. The zero-order chi connectivity index (χ0) is 15.4. The number of aliphatic hydroxyl groups is 1. The van der Waals surface area contributed by atoms with Gasteiger partial charge in [0.25, 0.3) is 5.91 Å². The van der Waals surface area contributed by atoms with E-state index in [9.17, 15) is 9.90 Å². The van der Waals surface area contributed by atoms with Crippen LogP contribution in [0.4, 0.5) is 0 Å². The van der Waals surface area contributed by atoms with Crippen LogP contribution in [0.25, 0.3) is 0 Å². The van der Waals surface area contributed by atoms with Crippen molar-refractivity contribution in [1.29, 1.82) is 0 Å². The largest absolute Gasteiger partial charge is 0.383 e. The van der Waals surface area contributed by atoms with Crippen LogP contribution in [0.1, 0.15) is 40.0 Å². The van der Waals surface area contributed by atoms with Gasteiger partial charge in [0.05, 0.1) is 6.33 Å². The summed E-state index contributed by atoms with van der Waals surface area (Å²) >= 11 is 0. The van der Waals surface area contributed by atoms with E-state index in [4.69, 9.17) is 0 Å². The Bertz CT molecular complexity index is 444. The lowest BCUT2D eigenvalue weighted by Gasteiger charge is -2.29. The van der Waals surface area contributed by atoms with E-state index >= 15 is 0 Å². The number of hydrogen-bond donors (Lipinski definition) is 1. The van der Waals surface area contributed by atoms with Crippen LogP contribution in [0.2, 0.25) is 0 Å². The van der Waals surface area contributed by atoms with E-state index in [0.717, 1.165) is 25.8 Å². The molecule has 1 saturated heterocycles. The third kappa shape index (κ3) is 3.46. The molecule has 1 N–H and O–H groups in total. The van der Waals surface area contributed by atoms with Gasteiger partial charge in [-0.15, -0.1) is 0 Å².